The highest BCUT2D eigenvalue weighted by atomic mass is 79.9. The number of benzene rings is 1. The van der Waals surface area contributed by atoms with Crippen LogP contribution in [0.5, 0.6) is 11.5 Å². The van der Waals surface area contributed by atoms with Gasteiger partial charge in [0.15, 0.2) is 17.6 Å². The molecule has 0 spiro atoms. The highest BCUT2D eigenvalue weighted by Crippen LogP contribution is 2.39. The number of phenolic OH excluding ortho intramolecular Hbond substituents is 1. The molecule has 0 saturated heterocycles. The Labute approximate surface area is 101 Å². The van der Waals surface area contributed by atoms with Gasteiger partial charge in [-0.2, -0.15) is 0 Å². The molecule has 88 valence electrons. The van der Waals surface area contributed by atoms with E-state index in [9.17, 15) is 15.0 Å². The Morgan fingerprint density at radius 3 is 2.56 bits per heavy atom. The van der Waals surface area contributed by atoms with Crippen LogP contribution in [-0.4, -0.2) is 30.4 Å². The van der Waals surface area contributed by atoms with Crippen molar-refractivity contribution in [2.24, 2.45) is 0 Å². The van der Waals surface area contributed by atoms with Crippen LogP contribution in [0.2, 0.25) is 0 Å². The second-order valence-electron chi connectivity index (χ2n) is 2.94. The molecule has 0 fully saturated rings. The minimum absolute atomic E-state index is 0.0342. The van der Waals surface area contributed by atoms with Crippen molar-refractivity contribution >= 4 is 21.9 Å². The zero-order chi connectivity index (χ0) is 12.3. The molecule has 0 bridgehead atoms. The lowest BCUT2D eigenvalue weighted by molar-refractivity contribution is -0.150. The normalized spacial score (nSPS) is 12.0. The summed E-state index contributed by atoms with van der Waals surface area (Å²) in [5.41, 5.74) is 0.0342. The number of aliphatic hydroxyl groups is 1. The predicted octanol–water partition coefficient (Wildman–Crippen LogP) is 1.37. The van der Waals surface area contributed by atoms with Crippen LogP contribution in [0.15, 0.2) is 16.6 Å². The summed E-state index contributed by atoms with van der Waals surface area (Å²) in [5.74, 6) is -0.991. The third kappa shape index (κ3) is 2.28. The van der Waals surface area contributed by atoms with Gasteiger partial charge in [0.2, 0.25) is 0 Å². The van der Waals surface area contributed by atoms with Gasteiger partial charge >= 0.3 is 5.97 Å². The molecule has 0 amide bonds. The highest BCUT2D eigenvalue weighted by molar-refractivity contribution is 9.10. The van der Waals surface area contributed by atoms with Crippen molar-refractivity contribution in [1.82, 2.24) is 0 Å². The molecule has 16 heavy (non-hydrogen) atoms. The molecule has 1 aromatic carbocycles. The highest BCUT2D eigenvalue weighted by Gasteiger charge is 2.24. The van der Waals surface area contributed by atoms with Gasteiger partial charge in [0.05, 0.1) is 18.7 Å². The van der Waals surface area contributed by atoms with E-state index < -0.39 is 12.1 Å². The fourth-order valence-corrected chi connectivity index (χ4v) is 1.70. The molecule has 0 radical (unpaired) electrons. The van der Waals surface area contributed by atoms with Crippen LogP contribution in [0, 0.1) is 0 Å². The summed E-state index contributed by atoms with van der Waals surface area (Å²) < 4.78 is 9.81. The minimum Gasteiger partial charge on any atom is -0.504 e. The summed E-state index contributed by atoms with van der Waals surface area (Å²) >= 11 is 3.16. The van der Waals surface area contributed by atoms with Crippen LogP contribution in [0.25, 0.3) is 0 Å². The Morgan fingerprint density at radius 1 is 1.44 bits per heavy atom. The van der Waals surface area contributed by atoms with Gasteiger partial charge in [0.1, 0.15) is 0 Å². The Hall–Kier alpha value is -1.27. The molecule has 0 aromatic heterocycles. The topological polar surface area (TPSA) is 76.0 Å². The van der Waals surface area contributed by atoms with E-state index in [-0.39, 0.29) is 17.1 Å². The van der Waals surface area contributed by atoms with E-state index in [1.165, 1.54) is 13.2 Å². The Balaban J connectivity index is 3.20. The molecule has 0 aliphatic heterocycles. The molecule has 1 aromatic rings. The third-order valence-electron chi connectivity index (χ3n) is 2.04. The monoisotopic (exact) mass is 290 g/mol. The minimum atomic E-state index is -1.54. The molecule has 0 heterocycles. The van der Waals surface area contributed by atoms with Gasteiger partial charge in [-0.05, 0) is 22.0 Å². The SMILES string of the molecule is COC(=O)C(O)c1ccc(Br)c(OC)c1O. The number of carbonyl (C=O) groups excluding carboxylic acids is 1. The van der Waals surface area contributed by atoms with E-state index in [1.807, 2.05) is 0 Å². The fourth-order valence-electron chi connectivity index (χ4n) is 1.22. The van der Waals surface area contributed by atoms with Crippen molar-refractivity contribution in [3.63, 3.8) is 0 Å². The molecule has 1 rings (SSSR count). The van der Waals surface area contributed by atoms with Crippen LogP contribution in [-0.2, 0) is 9.53 Å². The summed E-state index contributed by atoms with van der Waals surface area (Å²) in [6.45, 7) is 0. The van der Waals surface area contributed by atoms with Crippen LogP contribution in [0.1, 0.15) is 11.7 Å². The summed E-state index contributed by atoms with van der Waals surface area (Å²) in [5, 5.41) is 19.3. The number of ether oxygens (including phenoxy) is 2. The maximum absolute atomic E-state index is 11.1. The van der Waals surface area contributed by atoms with Crippen LogP contribution >= 0.6 is 15.9 Å². The molecule has 0 saturated carbocycles. The summed E-state index contributed by atoms with van der Waals surface area (Å²) in [6, 6.07) is 2.96. The van der Waals surface area contributed by atoms with E-state index >= 15 is 0 Å². The number of carbonyl (C=O) groups is 1. The largest absolute Gasteiger partial charge is 0.504 e. The lowest BCUT2D eigenvalue weighted by Crippen LogP contribution is -2.13. The van der Waals surface area contributed by atoms with Gasteiger partial charge in [-0.15, -0.1) is 0 Å². The molecular weight excluding hydrogens is 280 g/mol. The summed E-state index contributed by atoms with van der Waals surface area (Å²) in [4.78, 5) is 11.1. The van der Waals surface area contributed by atoms with E-state index in [2.05, 4.69) is 20.7 Å². The number of esters is 1. The van der Waals surface area contributed by atoms with E-state index in [0.29, 0.717) is 4.47 Å². The first-order chi connectivity index (χ1) is 7.52. The van der Waals surface area contributed by atoms with Crippen LogP contribution in [0.3, 0.4) is 0 Å². The van der Waals surface area contributed by atoms with Gasteiger partial charge in [-0.3, -0.25) is 0 Å². The number of methoxy groups -OCH3 is 2. The van der Waals surface area contributed by atoms with E-state index in [1.54, 1.807) is 6.07 Å². The zero-order valence-electron chi connectivity index (χ0n) is 8.73. The van der Waals surface area contributed by atoms with Gasteiger partial charge in [0.25, 0.3) is 0 Å². The molecule has 1 unspecified atom stereocenters. The number of halogens is 1. The lowest BCUT2D eigenvalue weighted by Gasteiger charge is -2.13. The Morgan fingerprint density at radius 2 is 2.06 bits per heavy atom. The summed E-state index contributed by atoms with van der Waals surface area (Å²) in [6.07, 6.45) is -1.54. The second kappa shape index (κ2) is 5.18. The number of rotatable bonds is 3. The molecule has 0 aliphatic rings. The number of aliphatic hydroxyl groups excluding tert-OH is 1. The first-order valence-electron chi connectivity index (χ1n) is 4.34. The van der Waals surface area contributed by atoms with Gasteiger partial charge in [-0.25, -0.2) is 4.79 Å². The molecular formula is C10H11BrO5. The average Bonchev–Trinajstić information content (AvgIpc) is 2.28. The van der Waals surface area contributed by atoms with Gasteiger partial charge in [0, 0.05) is 5.56 Å². The standard InChI is InChI=1S/C10H11BrO5/c1-15-9-6(11)4-3-5(7(9)12)8(13)10(14)16-2/h3-4,8,12-13H,1-2H3. The number of phenols is 1. The van der Waals surface area contributed by atoms with Gasteiger partial charge < -0.3 is 19.7 Å². The lowest BCUT2D eigenvalue weighted by atomic mass is 10.1. The zero-order valence-corrected chi connectivity index (χ0v) is 10.3. The average molecular weight is 291 g/mol. The van der Waals surface area contributed by atoms with Gasteiger partial charge in [-0.1, -0.05) is 6.07 Å². The maximum atomic E-state index is 11.1. The smallest absolute Gasteiger partial charge is 0.339 e. The van der Waals surface area contributed by atoms with E-state index in [4.69, 9.17) is 4.74 Å². The second-order valence-corrected chi connectivity index (χ2v) is 3.80. The predicted molar refractivity (Wildman–Crippen MR) is 59.3 cm³/mol. The van der Waals surface area contributed by atoms with Crippen LogP contribution in [0.4, 0.5) is 0 Å². The summed E-state index contributed by atoms with van der Waals surface area (Å²) in [7, 11) is 2.52. The van der Waals surface area contributed by atoms with Crippen molar-refractivity contribution in [3.05, 3.63) is 22.2 Å². The third-order valence-corrected chi connectivity index (χ3v) is 2.66. The molecule has 1 atom stereocenters. The fraction of sp³-hybridized carbons (Fsp3) is 0.300. The Bertz CT molecular complexity index is 404. The Kier molecular flexibility index (Phi) is 4.14. The molecule has 0 aliphatic carbocycles. The van der Waals surface area contributed by atoms with Crippen molar-refractivity contribution in [3.8, 4) is 11.5 Å². The van der Waals surface area contributed by atoms with Crippen molar-refractivity contribution in [2.75, 3.05) is 14.2 Å². The molecule has 6 heteroatoms. The maximum Gasteiger partial charge on any atom is 0.339 e. The first-order valence-corrected chi connectivity index (χ1v) is 5.13. The molecule has 5 nitrogen and oxygen atoms in total. The van der Waals surface area contributed by atoms with Crippen molar-refractivity contribution < 1.29 is 24.5 Å². The number of hydrogen-bond acceptors (Lipinski definition) is 5. The number of aromatic hydroxyl groups is 1. The number of hydrogen-bond donors (Lipinski definition) is 2. The van der Waals surface area contributed by atoms with Crippen molar-refractivity contribution in [1.29, 1.82) is 0 Å². The molecule has 2 N–H and O–H groups in total. The van der Waals surface area contributed by atoms with E-state index in [0.717, 1.165) is 7.11 Å². The first kappa shape index (κ1) is 12.8. The van der Waals surface area contributed by atoms with Crippen molar-refractivity contribution in [2.45, 2.75) is 6.10 Å². The quantitative estimate of drug-likeness (QED) is 0.823. The van der Waals surface area contributed by atoms with Crippen LogP contribution < -0.4 is 4.74 Å².